The van der Waals surface area contributed by atoms with E-state index in [9.17, 15) is 0 Å². The predicted molar refractivity (Wildman–Crippen MR) is 69.3 cm³/mol. The second-order valence-electron chi connectivity index (χ2n) is 4.66. The number of hydrogen-bond donors (Lipinski definition) is 0. The molecule has 0 aromatic carbocycles. The van der Waals surface area contributed by atoms with Gasteiger partial charge in [-0.1, -0.05) is 6.92 Å². The second-order valence-corrected chi connectivity index (χ2v) is 5.04. The summed E-state index contributed by atoms with van der Waals surface area (Å²) in [6.07, 6.45) is 0.347. The van der Waals surface area contributed by atoms with Crippen molar-refractivity contribution in [3.05, 3.63) is 0 Å². The Morgan fingerprint density at radius 1 is 1.50 bits per heavy atom. The van der Waals surface area contributed by atoms with Crippen LogP contribution >= 0.6 is 11.6 Å². The van der Waals surface area contributed by atoms with Gasteiger partial charge in [-0.05, 0) is 20.4 Å². The summed E-state index contributed by atoms with van der Waals surface area (Å²) in [7, 11) is 0. The average molecular weight is 249 g/mol. The van der Waals surface area contributed by atoms with Gasteiger partial charge in [-0.3, -0.25) is 9.80 Å². The highest BCUT2D eigenvalue weighted by Gasteiger charge is 2.23. The van der Waals surface area contributed by atoms with Crippen LogP contribution in [0, 0.1) is 0 Å². The van der Waals surface area contributed by atoms with Gasteiger partial charge in [0.15, 0.2) is 0 Å². The maximum absolute atomic E-state index is 5.81. The minimum absolute atomic E-state index is 0.347. The van der Waals surface area contributed by atoms with E-state index in [1.165, 1.54) is 0 Å². The number of halogens is 1. The second kappa shape index (κ2) is 7.49. The van der Waals surface area contributed by atoms with Gasteiger partial charge in [-0.25, -0.2) is 0 Å². The number of morpholine rings is 1. The predicted octanol–water partition coefficient (Wildman–Crippen LogP) is 1.66. The van der Waals surface area contributed by atoms with Crippen molar-refractivity contribution in [3.63, 3.8) is 0 Å². The first-order valence-electron chi connectivity index (χ1n) is 6.31. The van der Waals surface area contributed by atoms with Crippen molar-refractivity contribution in [2.75, 3.05) is 45.2 Å². The lowest BCUT2D eigenvalue weighted by Gasteiger charge is -2.37. The largest absolute Gasteiger partial charge is 0.374 e. The Bertz CT molecular complexity index is 190. The van der Waals surface area contributed by atoms with Crippen molar-refractivity contribution in [1.29, 1.82) is 0 Å². The first kappa shape index (κ1) is 14.2. The molecule has 1 unspecified atom stereocenters. The fraction of sp³-hybridized carbons (Fsp3) is 1.00. The normalized spacial score (nSPS) is 23.2. The molecule has 1 rings (SSSR count). The average Bonchev–Trinajstić information content (AvgIpc) is 2.29. The molecule has 0 aromatic heterocycles. The summed E-state index contributed by atoms with van der Waals surface area (Å²) in [6.45, 7) is 12.7. The van der Waals surface area contributed by atoms with Crippen molar-refractivity contribution < 1.29 is 4.74 Å². The SMILES string of the molecule is CCN(CCCl)CC1CN(C(C)C)CCO1. The van der Waals surface area contributed by atoms with Crippen molar-refractivity contribution in [2.45, 2.75) is 32.9 Å². The summed E-state index contributed by atoms with van der Waals surface area (Å²) in [5.41, 5.74) is 0. The van der Waals surface area contributed by atoms with Gasteiger partial charge in [0.1, 0.15) is 0 Å². The third-order valence-electron chi connectivity index (χ3n) is 3.21. The molecule has 1 saturated heterocycles. The highest BCUT2D eigenvalue weighted by molar-refractivity contribution is 6.18. The zero-order valence-corrected chi connectivity index (χ0v) is 11.5. The lowest BCUT2D eigenvalue weighted by atomic mass is 10.2. The standard InChI is InChI=1S/C12H25ClN2O/c1-4-14(6-5-13)9-12-10-15(11(2)3)7-8-16-12/h11-12H,4-10H2,1-3H3. The van der Waals surface area contributed by atoms with Crippen LogP contribution in [-0.2, 0) is 4.74 Å². The summed E-state index contributed by atoms with van der Waals surface area (Å²) in [5.74, 6) is 0.703. The molecule has 0 spiro atoms. The molecule has 1 atom stereocenters. The highest BCUT2D eigenvalue weighted by atomic mass is 35.5. The van der Waals surface area contributed by atoms with Crippen LogP contribution in [0.15, 0.2) is 0 Å². The van der Waals surface area contributed by atoms with Crippen molar-refractivity contribution >= 4 is 11.6 Å². The van der Waals surface area contributed by atoms with Gasteiger partial charge in [0, 0.05) is 38.1 Å². The monoisotopic (exact) mass is 248 g/mol. The Morgan fingerprint density at radius 2 is 2.25 bits per heavy atom. The van der Waals surface area contributed by atoms with Gasteiger partial charge < -0.3 is 4.74 Å². The number of ether oxygens (including phenoxy) is 1. The van der Waals surface area contributed by atoms with Crippen LogP contribution in [-0.4, -0.2) is 67.2 Å². The Hall–Kier alpha value is 0.170. The molecule has 3 nitrogen and oxygen atoms in total. The summed E-state index contributed by atoms with van der Waals surface area (Å²) >= 11 is 5.78. The number of hydrogen-bond acceptors (Lipinski definition) is 3. The number of nitrogens with zero attached hydrogens (tertiary/aromatic N) is 2. The van der Waals surface area contributed by atoms with Crippen LogP contribution in [0.3, 0.4) is 0 Å². The van der Waals surface area contributed by atoms with Gasteiger partial charge in [-0.2, -0.15) is 0 Å². The molecule has 0 aromatic rings. The van der Waals surface area contributed by atoms with E-state index >= 15 is 0 Å². The Balaban J connectivity index is 2.35. The van der Waals surface area contributed by atoms with E-state index in [2.05, 4.69) is 30.6 Å². The Morgan fingerprint density at radius 3 is 2.81 bits per heavy atom. The minimum Gasteiger partial charge on any atom is -0.374 e. The number of alkyl halides is 1. The van der Waals surface area contributed by atoms with Crippen molar-refractivity contribution in [1.82, 2.24) is 9.80 Å². The molecule has 1 fully saturated rings. The van der Waals surface area contributed by atoms with Gasteiger partial charge in [0.05, 0.1) is 12.7 Å². The summed E-state index contributed by atoms with van der Waals surface area (Å²) in [4.78, 5) is 4.85. The van der Waals surface area contributed by atoms with Crippen LogP contribution in [0.5, 0.6) is 0 Å². The molecule has 0 N–H and O–H groups in total. The molecule has 16 heavy (non-hydrogen) atoms. The number of likely N-dealkylation sites (N-methyl/N-ethyl adjacent to an activating group) is 1. The van der Waals surface area contributed by atoms with Crippen LogP contribution in [0.2, 0.25) is 0 Å². The van der Waals surface area contributed by atoms with Gasteiger partial charge in [0.25, 0.3) is 0 Å². The fourth-order valence-corrected chi connectivity index (χ4v) is 2.35. The van der Waals surface area contributed by atoms with E-state index in [1.54, 1.807) is 0 Å². The molecule has 1 heterocycles. The minimum atomic E-state index is 0.347. The van der Waals surface area contributed by atoms with E-state index in [4.69, 9.17) is 16.3 Å². The Kier molecular flexibility index (Phi) is 6.66. The number of rotatable bonds is 6. The van der Waals surface area contributed by atoms with E-state index in [-0.39, 0.29) is 0 Å². The zero-order valence-electron chi connectivity index (χ0n) is 10.8. The first-order chi connectivity index (χ1) is 7.67. The fourth-order valence-electron chi connectivity index (χ4n) is 2.11. The quantitative estimate of drug-likeness (QED) is 0.665. The maximum atomic E-state index is 5.81. The molecule has 0 amide bonds. The van der Waals surface area contributed by atoms with Crippen LogP contribution < -0.4 is 0 Å². The summed E-state index contributed by atoms with van der Waals surface area (Å²) in [5, 5.41) is 0. The lowest BCUT2D eigenvalue weighted by Crippen LogP contribution is -2.50. The van der Waals surface area contributed by atoms with Gasteiger partial charge in [-0.15, -0.1) is 11.6 Å². The molecule has 96 valence electrons. The smallest absolute Gasteiger partial charge is 0.0829 e. The summed E-state index contributed by atoms with van der Waals surface area (Å²) < 4.78 is 5.81. The molecule has 0 saturated carbocycles. The third kappa shape index (κ3) is 4.58. The molecule has 0 aliphatic carbocycles. The lowest BCUT2D eigenvalue weighted by molar-refractivity contribution is -0.0510. The molecule has 4 heteroatoms. The molecular weight excluding hydrogens is 224 g/mol. The molecule has 1 aliphatic rings. The van der Waals surface area contributed by atoms with Crippen molar-refractivity contribution in [3.8, 4) is 0 Å². The van der Waals surface area contributed by atoms with Gasteiger partial charge in [0.2, 0.25) is 0 Å². The topological polar surface area (TPSA) is 15.7 Å². The van der Waals surface area contributed by atoms with E-state index in [0.29, 0.717) is 18.0 Å². The molecule has 0 radical (unpaired) electrons. The third-order valence-corrected chi connectivity index (χ3v) is 3.38. The van der Waals surface area contributed by atoms with E-state index in [0.717, 1.165) is 39.3 Å². The molecule has 0 bridgehead atoms. The molecule has 1 aliphatic heterocycles. The van der Waals surface area contributed by atoms with E-state index in [1.807, 2.05) is 0 Å². The Labute approximate surface area is 105 Å². The first-order valence-corrected chi connectivity index (χ1v) is 6.84. The summed E-state index contributed by atoms with van der Waals surface area (Å²) in [6, 6.07) is 0.620. The van der Waals surface area contributed by atoms with E-state index < -0.39 is 0 Å². The zero-order chi connectivity index (χ0) is 12.0. The van der Waals surface area contributed by atoms with Crippen LogP contribution in [0.25, 0.3) is 0 Å². The van der Waals surface area contributed by atoms with Gasteiger partial charge >= 0.3 is 0 Å². The maximum Gasteiger partial charge on any atom is 0.0829 e. The highest BCUT2D eigenvalue weighted by Crippen LogP contribution is 2.10. The van der Waals surface area contributed by atoms with Crippen LogP contribution in [0.1, 0.15) is 20.8 Å². The molecular formula is C12H25ClN2O. The van der Waals surface area contributed by atoms with Crippen LogP contribution in [0.4, 0.5) is 0 Å². The van der Waals surface area contributed by atoms with Crippen molar-refractivity contribution in [2.24, 2.45) is 0 Å².